The zero-order chi connectivity index (χ0) is 11.3. The number of morpholine rings is 1. The number of hydrogen-bond acceptors (Lipinski definition) is 3. The van der Waals surface area contributed by atoms with E-state index in [-0.39, 0.29) is 30.5 Å². The molecule has 1 heterocycles. The van der Waals surface area contributed by atoms with Gasteiger partial charge >= 0.3 is 0 Å². The first-order valence-corrected chi connectivity index (χ1v) is 5.78. The van der Waals surface area contributed by atoms with Crippen LogP contribution in [0.4, 0.5) is 0 Å². The van der Waals surface area contributed by atoms with Gasteiger partial charge in [-0.25, -0.2) is 0 Å². The second kappa shape index (κ2) is 7.87. The number of hydrogen-bond donors (Lipinski definition) is 1. The molecule has 4 nitrogen and oxygen atoms in total. The van der Waals surface area contributed by atoms with E-state index in [0.717, 1.165) is 25.9 Å². The number of nitrogens with zero attached hydrogens (tertiary/aromatic N) is 1. The monoisotopic (exact) mass is 250 g/mol. The van der Waals surface area contributed by atoms with Crippen LogP contribution in [0, 0.1) is 0 Å². The van der Waals surface area contributed by atoms with Gasteiger partial charge < -0.3 is 15.4 Å². The molecule has 5 heteroatoms. The molecule has 0 bridgehead atoms. The number of ether oxygens (including phenoxy) is 1. The maximum atomic E-state index is 11.8. The summed E-state index contributed by atoms with van der Waals surface area (Å²) in [6.07, 6.45) is 2.52. The molecule has 0 aromatic rings. The van der Waals surface area contributed by atoms with Crippen LogP contribution >= 0.6 is 12.4 Å². The Balaban J connectivity index is 0.00000225. The average Bonchev–Trinajstić information content (AvgIpc) is 2.26. The van der Waals surface area contributed by atoms with Gasteiger partial charge in [0.2, 0.25) is 5.91 Å². The van der Waals surface area contributed by atoms with E-state index >= 15 is 0 Å². The van der Waals surface area contributed by atoms with Gasteiger partial charge in [-0.15, -0.1) is 12.4 Å². The Hall–Kier alpha value is -0.320. The van der Waals surface area contributed by atoms with E-state index in [0.29, 0.717) is 13.0 Å². The lowest BCUT2D eigenvalue weighted by molar-refractivity contribution is -0.139. The molecule has 0 aliphatic carbocycles. The quantitative estimate of drug-likeness (QED) is 0.815. The van der Waals surface area contributed by atoms with E-state index in [2.05, 4.69) is 6.92 Å². The standard InChI is InChI=1S/C11H22N2O2.ClH/c1-3-10-8-13(6-7-15-10)11(14)5-4-9(2)12;/h9-10H,3-8,12H2,1-2H3;1H. The van der Waals surface area contributed by atoms with Crippen LogP contribution in [0.1, 0.15) is 33.1 Å². The minimum absolute atomic E-state index is 0. The summed E-state index contributed by atoms with van der Waals surface area (Å²) in [7, 11) is 0. The summed E-state index contributed by atoms with van der Waals surface area (Å²) in [5.41, 5.74) is 5.63. The van der Waals surface area contributed by atoms with Crippen molar-refractivity contribution in [2.75, 3.05) is 19.7 Å². The van der Waals surface area contributed by atoms with Gasteiger partial charge in [0.25, 0.3) is 0 Å². The third kappa shape index (κ3) is 5.14. The molecule has 0 spiro atoms. The lowest BCUT2D eigenvalue weighted by atomic mass is 10.1. The second-order valence-corrected chi connectivity index (χ2v) is 4.26. The molecular weight excluding hydrogens is 228 g/mol. The van der Waals surface area contributed by atoms with Crippen LogP contribution in [0.3, 0.4) is 0 Å². The van der Waals surface area contributed by atoms with E-state index < -0.39 is 0 Å². The Morgan fingerprint density at radius 2 is 2.31 bits per heavy atom. The fourth-order valence-corrected chi connectivity index (χ4v) is 1.70. The summed E-state index contributed by atoms with van der Waals surface area (Å²) in [5.74, 6) is 0.217. The van der Waals surface area contributed by atoms with Crippen molar-refractivity contribution in [3.8, 4) is 0 Å². The van der Waals surface area contributed by atoms with Crippen molar-refractivity contribution in [3.05, 3.63) is 0 Å². The highest BCUT2D eigenvalue weighted by Gasteiger charge is 2.22. The molecule has 2 atom stereocenters. The zero-order valence-corrected chi connectivity index (χ0v) is 11.0. The molecule has 2 N–H and O–H groups in total. The van der Waals surface area contributed by atoms with Crippen LogP contribution in [0.5, 0.6) is 0 Å². The van der Waals surface area contributed by atoms with Crippen molar-refractivity contribution in [1.82, 2.24) is 4.90 Å². The van der Waals surface area contributed by atoms with Crippen LogP contribution in [-0.4, -0.2) is 42.6 Å². The van der Waals surface area contributed by atoms with Gasteiger partial charge in [0.1, 0.15) is 0 Å². The number of halogens is 1. The summed E-state index contributed by atoms with van der Waals surface area (Å²) >= 11 is 0. The zero-order valence-electron chi connectivity index (χ0n) is 10.1. The molecule has 0 aromatic heterocycles. The minimum Gasteiger partial charge on any atom is -0.375 e. The molecule has 1 fully saturated rings. The topological polar surface area (TPSA) is 55.6 Å². The molecule has 1 saturated heterocycles. The first kappa shape index (κ1) is 15.7. The van der Waals surface area contributed by atoms with Crippen LogP contribution in [0.2, 0.25) is 0 Å². The predicted molar refractivity (Wildman–Crippen MR) is 66.7 cm³/mol. The highest BCUT2D eigenvalue weighted by molar-refractivity contribution is 5.85. The number of amides is 1. The van der Waals surface area contributed by atoms with Crippen molar-refractivity contribution >= 4 is 18.3 Å². The van der Waals surface area contributed by atoms with E-state index in [1.165, 1.54) is 0 Å². The summed E-state index contributed by atoms with van der Waals surface area (Å²) in [5, 5.41) is 0. The summed E-state index contributed by atoms with van der Waals surface area (Å²) < 4.78 is 5.51. The molecule has 1 rings (SSSR count). The third-order valence-corrected chi connectivity index (χ3v) is 2.76. The number of rotatable bonds is 4. The van der Waals surface area contributed by atoms with Gasteiger partial charge in [-0.2, -0.15) is 0 Å². The highest BCUT2D eigenvalue weighted by Crippen LogP contribution is 2.10. The van der Waals surface area contributed by atoms with Crippen molar-refractivity contribution in [3.63, 3.8) is 0 Å². The highest BCUT2D eigenvalue weighted by atomic mass is 35.5. The molecule has 2 unspecified atom stereocenters. The maximum absolute atomic E-state index is 11.8. The van der Waals surface area contributed by atoms with Gasteiger partial charge in [0.15, 0.2) is 0 Å². The third-order valence-electron chi connectivity index (χ3n) is 2.76. The lowest BCUT2D eigenvalue weighted by Crippen LogP contribution is -2.45. The number of carbonyl (C=O) groups is 1. The molecule has 0 radical (unpaired) electrons. The summed E-state index contributed by atoms with van der Waals surface area (Å²) in [6.45, 7) is 6.16. The molecule has 1 aliphatic heterocycles. The molecule has 1 aliphatic rings. The van der Waals surface area contributed by atoms with Gasteiger partial charge in [-0.1, -0.05) is 6.92 Å². The van der Waals surface area contributed by atoms with Gasteiger partial charge in [-0.05, 0) is 19.8 Å². The SMILES string of the molecule is CCC1CN(C(=O)CCC(C)N)CCO1.Cl. The lowest BCUT2D eigenvalue weighted by Gasteiger charge is -2.32. The minimum atomic E-state index is 0. The first-order chi connectivity index (χ1) is 7.13. The fraction of sp³-hybridized carbons (Fsp3) is 0.909. The fourth-order valence-electron chi connectivity index (χ4n) is 1.70. The molecule has 16 heavy (non-hydrogen) atoms. The smallest absolute Gasteiger partial charge is 0.222 e. The van der Waals surface area contributed by atoms with Crippen molar-refractivity contribution in [2.24, 2.45) is 5.73 Å². The Labute approximate surface area is 104 Å². The molecule has 0 aromatic carbocycles. The Morgan fingerprint density at radius 1 is 1.62 bits per heavy atom. The normalized spacial score (nSPS) is 22.4. The summed E-state index contributed by atoms with van der Waals surface area (Å²) in [6, 6.07) is 0.108. The summed E-state index contributed by atoms with van der Waals surface area (Å²) in [4.78, 5) is 13.7. The van der Waals surface area contributed by atoms with Crippen LogP contribution in [-0.2, 0) is 9.53 Å². The molecular formula is C11H23ClN2O2. The van der Waals surface area contributed by atoms with E-state index in [4.69, 9.17) is 10.5 Å². The van der Waals surface area contributed by atoms with E-state index in [1.807, 2.05) is 11.8 Å². The van der Waals surface area contributed by atoms with Gasteiger partial charge in [0.05, 0.1) is 12.7 Å². The Bertz CT molecular complexity index is 212. The van der Waals surface area contributed by atoms with Crippen LogP contribution in [0.15, 0.2) is 0 Å². The van der Waals surface area contributed by atoms with E-state index in [9.17, 15) is 4.79 Å². The first-order valence-electron chi connectivity index (χ1n) is 5.78. The maximum Gasteiger partial charge on any atom is 0.222 e. The Morgan fingerprint density at radius 3 is 2.88 bits per heavy atom. The van der Waals surface area contributed by atoms with Gasteiger partial charge in [-0.3, -0.25) is 4.79 Å². The molecule has 0 saturated carbocycles. The molecule has 1 amide bonds. The number of nitrogens with two attached hydrogens (primary N) is 1. The van der Waals surface area contributed by atoms with Crippen LogP contribution < -0.4 is 5.73 Å². The average molecular weight is 251 g/mol. The second-order valence-electron chi connectivity index (χ2n) is 4.26. The van der Waals surface area contributed by atoms with E-state index in [1.54, 1.807) is 0 Å². The van der Waals surface area contributed by atoms with Crippen LogP contribution in [0.25, 0.3) is 0 Å². The van der Waals surface area contributed by atoms with Crippen molar-refractivity contribution in [2.45, 2.75) is 45.3 Å². The Kier molecular flexibility index (Phi) is 7.72. The van der Waals surface area contributed by atoms with Crippen molar-refractivity contribution in [1.29, 1.82) is 0 Å². The van der Waals surface area contributed by atoms with Gasteiger partial charge in [0, 0.05) is 25.6 Å². The number of carbonyl (C=O) groups excluding carboxylic acids is 1. The largest absolute Gasteiger partial charge is 0.375 e. The molecule has 96 valence electrons. The predicted octanol–water partition coefficient (Wildman–Crippen LogP) is 1.17. The van der Waals surface area contributed by atoms with Crippen molar-refractivity contribution < 1.29 is 9.53 Å².